The molecule has 9 heavy (non-hydrogen) atoms. The van der Waals surface area contributed by atoms with Crippen molar-refractivity contribution < 1.29 is 0 Å². The monoisotopic (exact) mass is 143 g/mol. The molecule has 0 saturated carbocycles. The Morgan fingerprint density at radius 3 is 2.67 bits per heavy atom. The van der Waals surface area contributed by atoms with Crippen molar-refractivity contribution in [2.24, 2.45) is 0 Å². The Morgan fingerprint density at radius 2 is 2.22 bits per heavy atom. The minimum Gasteiger partial charge on any atom is -0.391 e. The van der Waals surface area contributed by atoms with Crippen molar-refractivity contribution in [1.29, 1.82) is 0 Å². The molecule has 0 unspecified atom stereocenters. The van der Waals surface area contributed by atoms with Crippen LogP contribution in [-0.2, 0) is 0 Å². The lowest BCUT2D eigenvalue weighted by Gasteiger charge is -1.94. The molecular weight excluding hydrogens is 130 g/mol. The van der Waals surface area contributed by atoms with E-state index in [9.17, 15) is 0 Å². The standard InChI is InChI=1S/C7H13NS/c1-4-5-9-6-7(2)8-3/h4-6,8H,1-3H3/b5-4-,7-6+. The van der Waals surface area contributed by atoms with E-state index in [4.69, 9.17) is 0 Å². The van der Waals surface area contributed by atoms with Crippen LogP contribution in [0.4, 0.5) is 0 Å². The van der Waals surface area contributed by atoms with Crippen LogP contribution in [0.2, 0.25) is 0 Å². The third kappa shape index (κ3) is 5.50. The van der Waals surface area contributed by atoms with Crippen molar-refractivity contribution in [3.63, 3.8) is 0 Å². The lowest BCUT2D eigenvalue weighted by molar-refractivity contribution is 0.996. The Balaban J connectivity index is 3.43. The summed E-state index contributed by atoms with van der Waals surface area (Å²) in [5, 5.41) is 7.14. The second-order valence-corrected chi connectivity index (χ2v) is 2.44. The molecule has 0 aliphatic carbocycles. The molecule has 0 radical (unpaired) electrons. The van der Waals surface area contributed by atoms with Gasteiger partial charge in [0.25, 0.3) is 0 Å². The van der Waals surface area contributed by atoms with Crippen molar-refractivity contribution in [2.75, 3.05) is 7.05 Å². The molecule has 0 aromatic rings. The van der Waals surface area contributed by atoms with E-state index in [1.54, 1.807) is 11.8 Å². The Kier molecular flexibility index (Phi) is 5.52. The number of rotatable bonds is 3. The van der Waals surface area contributed by atoms with Crippen molar-refractivity contribution in [3.8, 4) is 0 Å². The van der Waals surface area contributed by atoms with Gasteiger partial charge in [0, 0.05) is 12.7 Å². The van der Waals surface area contributed by atoms with Gasteiger partial charge in [0.15, 0.2) is 0 Å². The van der Waals surface area contributed by atoms with Gasteiger partial charge in [-0.15, -0.1) is 11.8 Å². The van der Waals surface area contributed by atoms with Crippen LogP contribution in [0, 0.1) is 0 Å². The molecule has 1 nitrogen and oxygen atoms in total. The molecule has 0 amide bonds. The minimum atomic E-state index is 1.19. The third-order valence-corrected chi connectivity index (χ3v) is 1.77. The number of nitrogens with one attached hydrogen (secondary N) is 1. The highest BCUT2D eigenvalue weighted by Gasteiger charge is 1.77. The molecule has 0 heterocycles. The van der Waals surface area contributed by atoms with Gasteiger partial charge in [0.1, 0.15) is 0 Å². The molecule has 0 atom stereocenters. The highest BCUT2D eigenvalue weighted by molar-refractivity contribution is 8.04. The van der Waals surface area contributed by atoms with Gasteiger partial charge in [-0.3, -0.25) is 0 Å². The second-order valence-electron chi connectivity index (χ2n) is 1.66. The first-order valence-corrected chi connectivity index (χ1v) is 3.86. The van der Waals surface area contributed by atoms with Crippen LogP contribution in [0.1, 0.15) is 13.8 Å². The summed E-state index contributed by atoms with van der Waals surface area (Å²) in [5.41, 5.74) is 1.19. The number of hydrogen-bond acceptors (Lipinski definition) is 2. The van der Waals surface area contributed by atoms with Crippen molar-refractivity contribution in [2.45, 2.75) is 13.8 Å². The summed E-state index contributed by atoms with van der Waals surface area (Å²) in [6, 6.07) is 0. The van der Waals surface area contributed by atoms with E-state index < -0.39 is 0 Å². The summed E-state index contributed by atoms with van der Waals surface area (Å²) in [4.78, 5) is 0. The lowest BCUT2D eigenvalue weighted by atomic mass is 10.6. The van der Waals surface area contributed by atoms with Crippen LogP contribution < -0.4 is 5.32 Å². The maximum Gasteiger partial charge on any atom is 0.0140 e. The molecule has 0 bridgehead atoms. The maximum absolute atomic E-state index is 3.03. The van der Waals surface area contributed by atoms with Gasteiger partial charge < -0.3 is 5.32 Å². The van der Waals surface area contributed by atoms with Crippen molar-refractivity contribution in [3.05, 3.63) is 22.6 Å². The summed E-state index contributed by atoms with van der Waals surface area (Å²) in [5.74, 6) is 0. The minimum absolute atomic E-state index is 1.19. The zero-order valence-corrected chi connectivity index (χ0v) is 6.96. The van der Waals surface area contributed by atoms with Crippen LogP contribution in [0.5, 0.6) is 0 Å². The average molecular weight is 143 g/mol. The maximum atomic E-state index is 3.03. The van der Waals surface area contributed by atoms with Crippen LogP contribution in [0.15, 0.2) is 22.6 Å². The molecule has 0 rings (SSSR count). The lowest BCUT2D eigenvalue weighted by Crippen LogP contribution is -1.99. The van der Waals surface area contributed by atoms with Crippen LogP contribution in [0.25, 0.3) is 0 Å². The van der Waals surface area contributed by atoms with E-state index >= 15 is 0 Å². The molecule has 52 valence electrons. The van der Waals surface area contributed by atoms with E-state index in [0.717, 1.165) is 0 Å². The largest absolute Gasteiger partial charge is 0.391 e. The smallest absolute Gasteiger partial charge is 0.0140 e. The molecule has 0 spiro atoms. The summed E-state index contributed by atoms with van der Waals surface area (Å²) in [6.07, 6.45) is 2.02. The molecule has 0 aromatic carbocycles. The van der Waals surface area contributed by atoms with Gasteiger partial charge in [-0.2, -0.15) is 0 Å². The van der Waals surface area contributed by atoms with Gasteiger partial charge in [-0.05, 0) is 24.7 Å². The first kappa shape index (κ1) is 8.63. The normalized spacial score (nSPS) is 12.6. The van der Waals surface area contributed by atoms with Gasteiger partial charge >= 0.3 is 0 Å². The molecule has 1 N–H and O–H groups in total. The zero-order chi connectivity index (χ0) is 7.11. The van der Waals surface area contributed by atoms with E-state index in [-0.39, 0.29) is 0 Å². The SMILES string of the molecule is C/C=C\S/C=C(\C)NC. The highest BCUT2D eigenvalue weighted by atomic mass is 32.2. The number of allylic oxidation sites excluding steroid dienone is 2. The van der Waals surface area contributed by atoms with E-state index in [0.29, 0.717) is 0 Å². The summed E-state index contributed by atoms with van der Waals surface area (Å²) >= 11 is 1.68. The Labute approximate surface area is 61.2 Å². The van der Waals surface area contributed by atoms with Crippen LogP contribution in [0.3, 0.4) is 0 Å². The molecule has 2 heteroatoms. The molecule has 0 saturated heterocycles. The van der Waals surface area contributed by atoms with E-state index in [2.05, 4.69) is 10.7 Å². The van der Waals surface area contributed by atoms with Gasteiger partial charge in [-0.25, -0.2) is 0 Å². The Bertz CT molecular complexity index is 116. The first-order chi connectivity index (χ1) is 4.31. The van der Waals surface area contributed by atoms with Gasteiger partial charge in [0.2, 0.25) is 0 Å². The first-order valence-electron chi connectivity index (χ1n) is 2.92. The van der Waals surface area contributed by atoms with E-state index in [1.807, 2.05) is 32.4 Å². The topological polar surface area (TPSA) is 12.0 Å². The molecule has 0 aliphatic heterocycles. The average Bonchev–Trinajstić information content (AvgIpc) is 1.89. The van der Waals surface area contributed by atoms with Crippen molar-refractivity contribution >= 4 is 11.8 Å². The number of thioether (sulfide) groups is 1. The highest BCUT2D eigenvalue weighted by Crippen LogP contribution is 2.05. The fourth-order valence-electron chi connectivity index (χ4n) is 0.279. The molecule has 0 fully saturated rings. The summed E-state index contributed by atoms with van der Waals surface area (Å²) in [7, 11) is 1.92. The third-order valence-electron chi connectivity index (χ3n) is 0.854. The van der Waals surface area contributed by atoms with Crippen LogP contribution >= 0.6 is 11.8 Å². The Morgan fingerprint density at radius 1 is 1.56 bits per heavy atom. The number of hydrogen-bond donors (Lipinski definition) is 1. The fraction of sp³-hybridized carbons (Fsp3) is 0.429. The quantitative estimate of drug-likeness (QED) is 0.650. The fourth-order valence-corrected chi connectivity index (χ4v) is 0.837. The van der Waals surface area contributed by atoms with E-state index in [1.165, 1.54) is 5.70 Å². The molecular formula is C7H13NS. The van der Waals surface area contributed by atoms with Crippen LogP contribution in [-0.4, -0.2) is 7.05 Å². The molecule has 0 aromatic heterocycles. The van der Waals surface area contributed by atoms with Crippen molar-refractivity contribution in [1.82, 2.24) is 5.32 Å². The summed E-state index contributed by atoms with van der Waals surface area (Å²) < 4.78 is 0. The predicted molar refractivity (Wildman–Crippen MR) is 45.2 cm³/mol. The summed E-state index contributed by atoms with van der Waals surface area (Å²) in [6.45, 7) is 4.05. The van der Waals surface area contributed by atoms with Gasteiger partial charge in [-0.1, -0.05) is 6.08 Å². The second kappa shape index (κ2) is 5.76. The predicted octanol–water partition coefficient (Wildman–Crippen LogP) is 2.33. The zero-order valence-electron chi connectivity index (χ0n) is 6.14. The Hall–Kier alpha value is -0.370. The molecule has 0 aliphatic rings. The van der Waals surface area contributed by atoms with Gasteiger partial charge in [0.05, 0.1) is 0 Å².